The summed E-state index contributed by atoms with van der Waals surface area (Å²) in [4.78, 5) is 13.7. The van der Waals surface area contributed by atoms with Crippen LogP contribution in [0.15, 0.2) is 18.2 Å². The Hall–Kier alpha value is -1.43. The van der Waals surface area contributed by atoms with E-state index in [9.17, 15) is 9.90 Å². The van der Waals surface area contributed by atoms with Crippen molar-refractivity contribution in [3.63, 3.8) is 0 Å². The molecule has 19 heavy (non-hydrogen) atoms. The Labute approximate surface area is 112 Å². The first-order chi connectivity index (χ1) is 9.21. The van der Waals surface area contributed by atoms with Crippen molar-refractivity contribution >= 4 is 11.6 Å². The van der Waals surface area contributed by atoms with Crippen LogP contribution in [0, 0.1) is 0 Å². The summed E-state index contributed by atoms with van der Waals surface area (Å²) >= 11 is 0. The van der Waals surface area contributed by atoms with Crippen molar-refractivity contribution in [3.05, 3.63) is 29.3 Å². The van der Waals surface area contributed by atoms with Gasteiger partial charge in [0, 0.05) is 18.8 Å². The minimum atomic E-state index is -0.339. The van der Waals surface area contributed by atoms with Crippen LogP contribution in [0.5, 0.6) is 0 Å². The first-order valence-corrected chi connectivity index (χ1v) is 6.51. The monoisotopic (exact) mass is 264 g/mol. The molecule has 1 aliphatic rings. The highest BCUT2D eigenvalue weighted by Gasteiger charge is 2.32. The molecule has 1 atom stereocenters. The fourth-order valence-electron chi connectivity index (χ4n) is 2.56. The Morgan fingerprint density at radius 1 is 1.42 bits per heavy atom. The van der Waals surface area contributed by atoms with Crippen molar-refractivity contribution in [3.8, 4) is 0 Å². The van der Waals surface area contributed by atoms with E-state index in [1.165, 1.54) is 0 Å². The number of fused-ring (bicyclic) bond motifs is 1. The van der Waals surface area contributed by atoms with E-state index < -0.39 is 0 Å². The van der Waals surface area contributed by atoms with Crippen LogP contribution in [0.2, 0.25) is 0 Å². The van der Waals surface area contributed by atoms with Crippen LogP contribution in [0.1, 0.15) is 17.5 Å². The van der Waals surface area contributed by atoms with Crippen LogP contribution >= 0.6 is 0 Å². The topological polar surface area (TPSA) is 72.8 Å². The second kappa shape index (κ2) is 6.14. The molecule has 5 heteroatoms. The molecule has 0 radical (unpaired) electrons. The molecular weight excluding hydrogens is 244 g/mol. The Morgan fingerprint density at radius 2 is 2.21 bits per heavy atom. The third kappa shape index (κ3) is 2.78. The van der Waals surface area contributed by atoms with Gasteiger partial charge in [-0.2, -0.15) is 0 Å². The standard InChI is InChI=1S/C14H20N2O3/c1-15-8-10-2-3-13-11(6-10)7-14(19)16(13)12(9-18)4-5-17/h2-3,6,12,15,17-18H,4-5,7-9H2,1H3. The molecule has 0 saturated carbocycles. The van der Waals surface area contributed by atoms with Crippen molar-refractivity contribution in [2.75, 3.05) is 25.2 Å². The predicted octanol–water partition coefficient (Wildman–Crippen LogP) is 0.0384. The molecule has 0 spiro atoms. The maximum Gasteiger partial charge on any atom is 0.231 e. The number of carbonyl (C=O) groups is 1. The van der Waals surface area contributed by atoms with Crippen molar-refractivity contribution < 1.29 is 15.0 Å². The number of carbonyl (C=O) groups excluding carboxylic acids is 1. The molecule has 1 aromatic carbocycles. The summed E-state index contributed by atoms with van der Waals surface area (Å²) in [5.74, 6) is -0.0101. The summed E-state index contributed by atoms with van der Waals surface area (Å²) in [6.07, 6.45) is 0.759. The van der Waals surface area contributed by atoms with Crippen LogP contribution in [-0.2, 0) is 17.8 Å². The third-order valence-electron chi connectivity index (χ3n) is 3.43. The number of nitrogens with one attached hydrogen (secondary N) is 1. The van der Waals surface area contributed by atoms with Crippen LogP contribution in [-0.4, -0.2) is 42.4 Å². The third-order valence-corrected chi connectivity index (χ3v) is 3.43. The summed E-state index contributed by atoms with van der Waals surface area (Å²) < 4.78 is 0. The van der Waals surface area contributed by atoms with Crippen molar-refractivity contribution in [1.82, 2.24) is 5.32 Å². The highest BCUT2D eigenvalue weighted by atomic mass is 16.3. The molecular formula is C14H20N2O3. The number of hydrogen-bond donors (Lipinski definition) is 3. The molecule has 1 heterocycles. The normalized spacial score (nSPS) is 15.7. The number of aliphatic hydroxyl groups excluding tert-OH is 2. The molecule has 104 valence electrons. The highest BCUT2D eigenvalue weighted by molar-refractivity contribution is 6.02. The molecule has 1 aliphatic heterocycles. The van der Waals surface area contributed by atoms with E-state index >= 15 is 0 Å². The largest absolute Gasteiger partial charge is 0.396 e. The zero-order chi connectivity index (χ0) is 13.8. The van der Waals surface area contributed by atoms with Gasteiger partial charge in [0.15, 0.2) is 0 Å². The van der Waals surface area contributed by atoms with Crippen LogP contribution in [0.4, 0.5) is 5.69 Å². The maximum atomic E-state index is 12.1. The smallest absolute Gasteiger partial charge is 0.231 e. The fourth-order valence-corrected chi connectivity index (χ4v) is 2.56. The number of rotatable bonds is 6. The summed E-state index contributed by atoms with van der Waals surface area (Å²) in [5.41, 5.74) is 2.99. The van der Waals surface area contributed by atoms with Gasteiger partial charge in [0.2, 0.25) is 5.91 Å². The lowest BCUT2D eigenvalue weighted by Gasteiger charge is -2.26. The molecule has 5 nitrogen and oxygen atoms in total. The summed E-state index contributed by atoms with van der Waals surface area (Å²) in [6.45, 7) is 0.591. The lowest BCUT2D eigenvalue weighted by molar-refractivity contribution is -0.118. The summed E-state index contributed by atoms with van der Waals surface area (Å²) in [5, 5.41) is 21.5. The molecule has 2 rings (SSSR count). The minimum Gasteiger partial charge on any atom is -0.396 e. The fraction of sp³-hybridized carbons (Fsp3) is 0.500. The van der Waals surface area contributed by atoms with Crippen molar-refractivity contribution in [1.29, 1.82) is 0 Å². The van der Waals surface area contributed by atoms with Gasteiger partial charge in [0.1, 0.15) is 0 Å². The molecule has 3 N–H and O–H groups in total. The van der Waals surface area contributed by atoms with Crippen LogP contribution in [0.25, 0.3) is 0 Å². The second-order valence-electron chi connectivity index (χ2n) is 4.78. The number of anilines is 1. The molecule has 1 aromatic rings. The quantitative estimate of drug-likeness (QED) is 0.678. The average Bonchev–Trinajstić information content (AvgIpc) is 2.72. The number of benzene rings is 1. The SMILES string of the molecule is CNCc1ccc2c(c1)CC(=O)N2C(CO)CCO. The molecule has 0 aliphatic carbocycles. The van der Waals surface area contributed by atoms with Gasteiger partial charge in [0.25, 0.3) is 0 Å². The van der Waals surface area contributed by atoms with Crippen LogP contribution in [0.3, 0.4) is 0 Å². The van der Waals surface area contributed by atoms with E-state index in [0.717, 1.165) is 23.4 Å². The highest BCUT2D eigenvalue weighted by Crippen LogP contribution is 2.32. The molecule has 1 amide bonds. The zero-order valence-electron chi connectivity index (χ0n) is 11.1. The first kappa shape index (κ1) is 14.0. The molecule has 0 fully saturated rings. The van der Waals surface area contributed by atoms with Gasteiger partial charge in [-0.05, 0) is 30.7 Å². The van der Waals surface area contributed by atoms with Gasteiger partial charge in [-0.3, -0.25) is 4.79 Å². The number of hydrogen-bond acceptors (Lipinski definition) is 4. The Kier molecular flexibility index (Phi) is 4.52. The van der Waals surface area contributed by atoms with E-state index in [0.29, 0.717) is 12.8 Å². The van der Waals surface area contributed by atoms with E-state index in [-0.39, 0.29) is 25.2 Å². The first-order valence-electron chi connectivity index (χ1n) is 6.51. The van der Waals surface area contributed by atoms with E-state index in [1.807, 2.05) is 25.2 Å². The molecule has 0 aromatic heterocycles. The van der Waals surface area contributed by atoms with E-state index in [2.05, 4.69) is 5.32 Å². The zero-order valence-corrected chi connectivity index (χ0v) is 11.1. The Bertz CT molecular complexity index is 462. The molecule has 1 unspecified atom stereocenters. The van der Waals surface area contributed by atoms with Gasteiger partial charge >= 0.3 is 0 Å². The number of nitrogens with zero attached hydrogens (tertiary/aromatic N) is 1. The van der Waals surface area contributed by atoms with Crippen molar-refractivity contribution in [2.45, 2.75) is 25.4 Å². The Morgan fingerprint density at radius 3 is 2.84 bits per heavy atom. The van der Waals surface area contributed by atoms with E-state index in [1.54, 1.807) is 4.90 Å². The van der Waals surface area contributed by atoms with Gasteiger partial charge in [0.05, 0.1) is 19.1 Å². The van der Waals surface area contributed by atoms with Gasteiger partial charge < -0.3 is 20.4 Å². The summed E-state index contributed by atoms with van der Waals surface area (Å²) in [6, 6.07) is 5.59. The average molecular weight is 264 g/mol. The second-order valence-corrected chi connectivity index (χ2v) is 4.78. The summed E-state index contributed by atoms with van der Waals surface area (Å²) in [7, 11) is 1.88. The van der Waals surface area contributed by atoms with Gasteiger partial charge in [-0.15, -0.1) is 0 Å². The lowest BCUT2D eigenvalue weighted by Crippen LogP contribution is -2.41. The number of amides is 1. The van der Waals surface area contributed by atoms with Crippen LogP contribution < -0.4 is 10.2 Å². The van der Waals surface area contributed by atoms with Crippen molar-refractivity contribution in [2.24, 2.45) is 0 Å². The maximum absolute atomic E-state index is 12.1. The van der Waals surface area contributed by atoms with E-state index in [4.69, 9.17) is 5.11 Å². The molecule has 0 bridgehead atoms. The number of aliphatic hydroxyl groups is 2. The Balaban J connectivity index is 2.28. The van der Waals surface area contributed by atoms with Gasteiger partial charge in [-0.25, -0.2) is 0 Å². The lowest BCUT2D eigenvalue weighted by atomic mass is 10.1. The van der Waals surface area contributed by atoms with Gasteiger partial charge in [-0.1, -0.05) is 12.1 Å². The predicted molar refractivity (Wildman–Crippen MR) is 73.0 cm³/mol. The molecule has 0 saturated heterocycles. The minimum absolute atomic E-state index is 0.0101.